The van der Waals surface area contributed by atoms with Gasteiger partial charge < -0.3 is 10.2 Å². The van der Waals surface area contributed by atoms with Gasteiger partial charge in [0.1, 0.15) is 0 Å². The van der Waals surface area contributed by atoms with Crippen LogP contribution in [0.3, 0.4) is 0 Å². The van der Waals surface area contributed by atoms with Crippen LogP contribution in [0.2, 0.25) is 0 Å². The first kappa shape index (κ1) is 14.9. The van der Waals surface area contributed by atoms with E-state index in [-0.39, 0.29) is 0 Å². The third kappa shape index (κ3) is 3.96. The number of rotatable bonds is 7. The van der Waals surface area contributed by atoms with E-state index in [2.05, 4.69) is 65.2 Å². The van der Waals surface area contributed by atoms with E-state index < -0.39 is 0 Å². The van der Waals surface area contributed by atoms with Crippen molar-refractivity contribution < 1.29 is 0 Å². The van der Waals surface area contributed by atoms with Gasteiger partial charge in [0.25, 0.3) is 0 Å². The summed E-state index contributed by atoms with van der Waals surface area (Å²) < 4.78 is 1.16. The molecule has 19 heavy (non-hydrogen) atoms. The molecule has 1 aliphatic rings. The van der Waals surface area contributed by atoms with Crippen molar-refractivity contribution in [1.29, 1.82) is 0 Å². The molecular formula is C16H25BrN2. The zero-order chi connectivity index (χ0) is 13.8. The Bertz CT molecular complexity index is 415. The SMILES string of the molecule is CCCNCc1cc(Br)ccc1N(C)C(C)C1CC1. The van der Waals surface area contributed by atoms with Crippen molar-refractivity contribution >= 4 is 21.6 Å². The van der Waals surface area contributed by atoms with Gasteiger partial charge >= 0.3 is 0 Å². The van der Waals surface area contributed by atoms with Gasteiger partial charge in [-0.15, -0.1) is 0 Å². The van der Waals surface area contributed by atoms with E-state index >= 15 is 0 Å². The van der Waals surface area contributed by atoms with Crippen LogP contribution >= 0.6 is 15.9 Å². The molecule has 0 saturated heterocycles. The van der Waals surface area contributed by atoms with Crippen LogP contribution in [0.25, 0.3) is 0 Å². The minimum atomic E-state index is 0.645. The monoisotopic (exact) mass is 324 g/mol. The molecule has 0 spiro atoms. The lowest BCUT2D eigenvalue weighted by Crippen LogP contribution is -2.32. The molecule has 0 aromatic heterocycles. The highest BCUT2D eigenvalue weighted by Gasteiger charge is 2.31. The number of nitrogens with zero attached hydrogens (tertiary/aromatic N) is 1. The fraction of sp³-hybridized carbons (Fsp3) is 0.625. The lowest BCUT2D eigenvalue weighted by Gasteiger charge is -2.29. The Balaban J connectivity index is 2.12. The predicted octanol–water partition coefficient (Wildman–Crippen LogP) is 4.18. The highest BCUT2D eigenvalue weighted by molar-refractivity contribution is 9.10. The third-order valence-electron chi connectivity index (χ3n) is 4.08. The van der Waals surface area contributed by atoms with Gasteiger partial charge in [0, 0.05) is 29.8 Å². The van der Waals surface area contributed by atoms with E-state index in [0.717, 1.165) is 23.5 Å². The molecule has 1 aromatic rings. The number of hydrogen-bond donors (Lipinski definition) is 1. The Kier molecular flexibility index (Phi) is 5.28. The number of hydrogen-bond acceptors (Lipinski definition) is 2. The van der Waals surface area contributed by atoms with Crippen LogP contribution in [0.15, 0.2) is 22.7 Å². The molecule has 1 N–H and O–H groups in total. The zero-order valence-corrected chi connectivity index (χ0v) is 13.8. The maximum atomic E-state index is 3.59. The standard InChI is InChI=1S/C16H25BrN2/c1-4-9-18-11-14-10-15(17)7-8-16(14)19(3)12(2)13-5-6-13/h7-8,10,12-13,18H,4-6,9,11H2,1-3H3. The first-order valence-corrected chi connectivity index (χ1v) is 8.14. The summed E-state index contributed by atoms with van der Waals surface area (Å²) in [5.41, 5.74) is 2.75. The lowest BCUT2D eigenvalue weighted by molar-refractivity contribution is 0.603. The maximum absolute atomic E-state index is 3.59. The summed E-state index contributed by atoms with van der Waals surface area (Å²) >= 11 is 3.59. The summed E-state index contributed by atoms with van der Waals surface area (Å²) in [5, 5.41) is 3.51. The summed E-state index contributed by atoms with van der Waals surface area (Å²) in [5.74, 6) is 0.894. The molecule has 2 nitrogen and oxygen atoms in total. The van der Waals surface area contributed by atoms with Crippen molar-refractivity contribution in [1.82, 2.24) is 5.32 Å². The average molecular weight is 325 g/mol. The van der Waals surface area contributed by atoms with Crippen LogP contribution in [-0.4, -0.2) is 19.6 Å². The summed E-state index contributed by atoms with van der Waals surface area (Å²) in [7, 11) is 2.23. The molecule has 0 amide bonds. The van der Waals surface area contributed by atoms with Gasteiger partial charge in [-0.1, -0.05) is 22.9 Å². The molecular weight excluding hydrogens is 300 g/mol. The van der Waals surface area contributed by atoms with Crippen LogP contribution in [0, 0.1) is 5.92 Å². The molecule has 0 radical (unpaired) electrons. The van der Waals surface area contributed by atoms with Crippen LogP contribution < -0.4 is 10.2 Å². The Morgan fingerprint density at radius 3 is 2.79 bits per heavy atom. The van der Waals surface area contributed by atoms with Gasteiger partial charge in [0.05, 0.1) is 0 Å². The molecule has 1 atom stereocenters. The molecule has 3 heteroatoms. The Labute approximate surface area is 125 Å². The molecule has 2 rings (SSSR count). The highest BCUT2D eigenvalue weighted by atomic mass is 79.9. The Hall–Kier alpha value is -0.540. The van der Waals surface area contributed by atoms with Crippen LogP contribution in [-0.2, 0) is 6.54 Å². The molecule has 1 fully saturated rings. The normalized spacial score (nSPS) is 16.4. The summed E-state index contributed by atoms with van der Waals surface area (Å²) in [6, 6.07) is 7.28. The molecule has 0 bridgehead atoms. The van der Waals surface area contributed by atoms with Crippen LogP contribution in [0.1, 0.15) is 38.7 Å². The van der Waals surface area contributed by atoms with Crippen LogP contribution in [0.5, 0.6) is 0 Å². The van der Waals surface area contributed by atoms with E-state index in [1.165, 1.54) is 30.5 Å². The lowest BCUT2D eigenvalue weighted by atomic mass is 10.1. The maximum Gasteiger partial charge on any atom is 0.0412 e. The van der Waals surface area contributed by atoms with Gasteiger partial charge in [-0.2, -0.15) is 0 Å². The van der Waals surface area contributed by atoms with E-state index in [1.807, 2.05) is 0 Å². The second-order valence-corrected chi connectivity index (χ2v) is 6.55. The summed E-state index contributed by atoms with van der Waals surface area (Å²) in [6.07, 6.45) is 3.97. The average Bonchev–Trinajstić information content (AvgIpc) is 3.22. The molecule has 0 aliphatic heterocycles. The van der Waals surface area contributed by atoms with Crippen LogP contribution in [0.4, 0.5) is 5.69 Å². The first-order valence-electron chi connectivity index (χ1n) is 7.35. The van der Waals surface area contributed by atoms with Gasteiger partial charge in [-0.25, -0.2) is 0 Å². The summed E-state index contributed by atoms with van der Waals surface area (Å²) in [4.78, 5) is 2.45. The zero-order valence-electron chi connectivity index (χ0n) is 12.2. The molecule has 1 saturated carbocycles. The van der Waals surface area contributed by atoms with E-state index in [0.29, 0.717) is 6.04 Å². The van der Waals surface area contributed by atoms with Crippen molar-refractivity contribution in [2.75, 3.05) is 18.5 Å². The molecule has 1 unspecified atom stereocenters. The van der Waals surface area contributed by atoms with Gasteiger partial charge in [-0.05, 0) is 62.4 Å². The van der Waals surface area contributed by atoms with Crippen molar-refractivity contribution in [3.63, 3.8) is 0 Å². The van der Waals surface area contributed by atoms with Crippen molar-refractivity contribution in [3.05, 3.63) is 28.2 Å². The van der Waals surface area contributed by atoms with Crippen molar-refractivity contribution in [2.45, 2.75) is 45.7 Å². The second-order valence-electron chi connectivity index (χ2n) is 5.64. The smallest absolute Gasteiger partial charge is 0.0412 e. The number of benzene rings is 1. The van der Waals surface area contributed by atoms with E-state index in [1.54, 1.807) is 0 Å². The quantitative estimate of drug-likeness (QED) is 0.757. The van der Waals surface area contributed by atoms with Crippen molar-refractivity contribution in [2.24, 2.45) is 5.92 Å². The number of anilines is 1. The molecule has 106 valence electrons. The van der Waals surface area contributed by atoms with Crippen molar-refractivity contribution in [3.8, 4) is 0 Å². The largest absolute Gasteiger partial charge is 0.371 e. The van der Waals surface area contributed by atoms with Gasteiger partial charge in [0.2, 0.25) is 0 Å². The highest BCUT2D eigenvalue weighted by Crippen LogP contribution is 2.37. The molecule has 1 aliphatic carbocycles. The third-order valence-corrected chi connectivity index (χ3v) is 4.57. The minimum Gasteiger partial charge on any atom is -0.371 e. The summed E-state index contributed by atoms with van der Waals surface area (Å²) in [6.45, 7) is 6.58. The number of halogens is 1. The fourth-order valence-corrected chi connectivity index (χ4v) is 2.96. The Morgan fingerprint density at radius 2 is 2.16 bits per heavy atom. The molecule has 1 aromatic carbocycles. The predicted molar refractivity (Wildman–Crippen MR) is 86.7 cm³/mol. The molecule has 0 heterocycles. The fourth-order valence-electron chi connectivity index (χ4n) is 2.55. The number of nitrogens with one attached hydrogen (secondary N) is 1. The second kappa shape index (κ2) is 6.76. The van der Waals surface area contributed by atoms with E-state index in [9.17, 15) is 0 Å². The topological polar surface area (TPSA) is 15.3 Å². The van der Waals surface area contributed by atoms with Gasteiger partial charge in [0.15, 0.2) is 0 Å². The van der Waals surface area contributed by atoms with Gasteiger partial charge in [-0.3, -0.25) is 0 Å². The van der Waals surface area contributed by atoms with E-state index in [4.69, 9.17) is 0 Å². The first-order chi connectivity index (χ1) is 9.13. The Morgan fingerprint density at radius 1 is 1.42 bits per heavy atom. The minimum absolute atomic E-state index is 0.645.